The van der Waals surface area contributed by atoms with Crippen molar-refractivity contribution < 1.29 is 23.4 Å². The van der Waals surface area contributed by atoms with Crippen LogP contribution in [0.2, 0.25) is 0 Å². The van der Waals surface area contributed by atoms with Gasteiger partial charge in [-0.15, -0.1) is 0 Å². The third kappa shape index (κ3) is 4.37. The zero-order chi connectivity index (χ0) is 22.7. The van der Waals surface area contributed by atoms with Crippen LogP contribution < -0.4 is 10.5 Å². The van der Waals surface area contributed by atoms with E-state index in [1.807, 2.05) is 13.8 Å². The molecule has 2 aromatic carbocycles. The van der Waals surface area contributed by atoms with Crippen LogP contribution in [-0.4, -0.2) is 40.7 Å². The number of ether oxygens (including phenoxy) is 3. The Morgan fingerprint density at radius 1 is 1.25 bits per heavy atom. The fourth-order valence-corrected chi connectivity index (χ4v) is 3.71. The first kappa shape index (κ1) is 22.0. The van der Waals surface area contributed by atoms with Gasteiger partial charge < -0.3 is 19.9 Å². The second kappa shape index (κ2) is 9.10. The summed E-state index contributed by atoms with van der Waals surface area (Å²) in [5, 5.41) is 4.19. The zero-order valence-electron chi connectivity index (χ0n) is 18.1. The van der Waals surface area contributed by atoms with Crippen molar-refractivity contribution in [1.82, 2.24) is 9.78 Å². The van der Waals surface area contributed by atoms with Crippen LogP contribution in [-0.2, 0) is 9.47 Å². The van der Waals surface area contributed by atoms with Gasteiger partial charge in [0.25, 0.3) is 0 Å². The molecule has 1 aromatic heterocycles. The van der Waals surface area contributed by atoms with Crippen LogP contribution >= 0.6 is 0 Å². The Bertz CT molecular complexity index is 1090. The van der Waals surface area contributed by atoms with Gasteiger partial charge >= 0.3 is 0 Å². The molecule has 2 heterocycles. The van der Waals surface area contributed by atoms with E-state index in [0.717, 1.165) is 12.8 Å². The summed E-state index contributed by atoms with van der Waals surface area (Å²) in [6.07, 6.45) is 2.79. The maximum absolute atomic E-state index is 13.2. The summed E-state index contributed by atoms with van der Waals surface area (Å²) in [4.78, 5) is 13.0. The number of carbonyl (C=O) groups excluding carboxylic acids is 1. The molecule has 1 saturated heterocycles. The molecule has 0 spiro atoms. The highest BCUT2D eigenvalue weighted by Gasteiger charge is 2.38. The molecule has 2 N–H and O–H groups in total. The van der Waals surface area contributed by atoms with E-state index in [2.05, 4.69) is 5.10 Å². The molecule has 0 radical (unpaired) electrons. The molecule has 0 aliphatic carbocycles. The van der Waals surface area contributed by atoms with Gasteiger partial charge in [0.1, 0.15) is 30.1 Å². The Labute approximate surface area is 185 Å². The lowest BCUT2D eigenvalue weighted by Gasteiger charge is -2.24. The van der Waals surface area contributed by atoms with Crippen molar-refractivity contribution in [3.8, 4) is 11.4 Å². The number of aromatic nitrogens is 2. The van der Waals surface area contributed by atoms with Crippen molar-refractivity contribution >= 4 is 11.6 Å². The minimum Gasteiger partial charge on any atom is -0.491 e. The largest absolute Gasteiger partial charge is 0.491 e. The van der Waals surface area contributed by atoms with E-state index >= 15 is 0 Å². The first-order chi connectivity index (χ1) is 15.4. The molecule has 1 aliphatic rings. The van der Waals surface area contributed by atoms with Gasteiger partial charge in [-0.05, 0) is 49.2 Å². The van der Waals surface area contributed by atoms with E-state index in [4.69, 9.17) is 19.9 Å². The standard InChI is InChI=1S/C24H26FN3O4/c1-3-24(4-2)31-15-20(32-24)14-30-19-7-5-6-16(12-19)22(29)21-13-27-28(23(21)26)18-10-8-17(25)9-11-18/h5-13,20H,3-4,14-15,26H2,1-2H3/t20-/m0/s1. The van der Waals surface area contributed by atoms with E-state index in [-0.39, 0.29) is 29.1 Å². The predicted octanol–water partition coefficient (Wildman–Crippen LogP) is 4.14. The number of ketones is 1. The van der Waals surface area contributed by atoms with Crippen molar-refractivity contribution in [2.75, 3.05) is 18.9 Å². The summed E-state index contributed by atoms with van der Waals surface area (Å²) in [6, 6.07) is 12.6. The number of anilines is 1. The van der Waals surface area contributed by atoms with Crippen molar-refractivity contribution in [2.45, 2.75) is 38.6 Å². The molecule has 7 nitrogen and oxygen atoms in total. The number of halogens is 1. The van der Waals surface area contributed by atoms with Crippen LogP contribution in [0, 0.1) is 5.82 Å². The van der Waals surface area contributed by atoms with Gasteiger partial charge in [0.2, 0.25) is 0 Å². The van der Waals surface area contributed by atoms with E-state index in [0.29, 0.717) is 30.2 Å². The summed E-state index contributed by atoms with van der Waals surface area (Å²) in [6.45, 7) is 4.86. The van der Waals surface area contributed by atoms with Crippen LogP contribution in [0.15, 0.2) is 54.7 Å². The van der Waals surface area contributed by atoms with Gasteiger partial charge in [-0.2, -0.15) is 5.10 Å². The average Bonchev–Trinajstić information content (AvgIpc) is 3.42. The predicted molar refractivity (Wildman–Crippen MR) is 117 cm³/mol. The van der Waals surface area contributed by atoms with Gasteiger partial charge in [0.05, 0.1) is 24.1 Å². The Balaban J connectivity index is 1.46. The van der Waals surface area contributed by atoms with Crippen LogP contribution in [0.4, 0.5) is 10.2 Å². The number of rotatable bonds is 8. The molecule has 1 fully saturated rings. The molecule has 4 rings (SSSR count). The second-order valence-electron chi connectivity index (χ2n) is 7.67. The van der Waals surface area contributed by atoms with Crippen molar-refractivity contribution in [3.63, 3.8) is 0 Å². The van der Waals surface area contributed by atoms with Crippen LogP contribution in [0.1, 0.15) is 42.6 Å². The molecule has 1 atom stereocenters. The molecule has 0 bridgehead atoms. The summed E-state index contributed by atoms with van der Waals surface area (Å²) in [7, 11) is 0. The maximum Gasteiger partial charge on any atom is 0.198 e. The number of nitrogens with zero attached hydrogens (tertiary/aromatic N) is 2. The summed E-state index contributed by atoms with van der Waals surface area (Å²) < 4.78 is 32.3. The minimum atomic E-state index is -0.534. The molecular weight excluding hydrogens is 413 g/mol. The summed E-state index contributed by atoms with van der Waals surface area (Å²) in [5.74, 6) is -0.446. The van der Waals surface area contributed by atoms with Crippen molar-refractivity contribution in [3.05, 3.63) is 71.7 Å². The minimum absolute atomic E-state index is 0.168. The molecule has 8 heteroatoms. The number of nitrogen functional groups attached to an aromatic ring is 1. The molecule has 1 aliphatic heterocycles. The highest BCUT2D eigenvalue weighted by molar-refractivity contribution is 6.11. The molecule has 0 saturated carbocycles. The highest BCUT2D eigenvalue weighted by atomic mass is 19.1. The van der Waals surface area contributed by atoms with Gasteiger partial charge in [0.15, 0.2) is 11.6 Å². The monoisotopic (exact) mass is 439 g/mol. The normalized spacial score (nSPS) is 17.4. The SMILES string of the molecule is CCC1(CC)OC[C@H](COc2cccc(C(=O)c3cnn(-c4ccc(F)cc4)c3N)c2)O1. The van der Waals surface area contributed by atoms with Crippen LogP contribution in [0.5, 0.6) is 5.75 Å². The van der Waals surface area contributed by atoms with E-state index in [9.17, 15) is 9.18 Å². The lowest BCUT2D eigenvalue weighted by molar-refractivity contribution is -0.174. The molecule has 168 valence electrons. The summed E-state index contributed by atoms with van der Waals surface area (Å²) >= 11 is 0. The van der Waals surface area contributed by atoms with Crippen LogP contribution in [0.25, 0.3) is 5.69 Å². The van der Waals surface area contributed by atoms with Crippen molar-refractivity contribution in [2.24, 2.45) is 0 Å². The summed E-state index contributed by atoms with van der Waals surface area (Å²) in [5.41, 5.74) is 7.41. The second-order valence-corrected chi connectivity index (χ2v) is 7.67. The first-order valence-corrected chi connectivity index (χ1v) is 10.6. The zero-order valence-corrected chi connectivity index (χ0v) is 18.1. The number of hydrogen-bond donors (Lipinski definition) is 1. The molecule has 3 aromatic rings. The fraction of sp³-hybridized carbons (Fsp3) is 0.333. The molecule has 0 amide bonds. The average molecular weight is 439 g/mol. The Hall–Kier alpha value is -3.23. The van der Waals surface area contributed by atoms with E-state index < -0.39 is 5.79 Å². The van der Waals surface area contributed by atoms with Gasteiger partial charge in [-0.3, -0.25) is 4.79 Å². The number of hydrogen-bond acceptors (Lipinski definition) is 6. The third-order valence-electron chi connectivity index (χ3n) is 5.65. The Kier molecular flexibility index (Phi) is 6.25. The number of carbonyl (C=O) groups is 1. The van der Waals surface area contributed by atoms with E-state index in [1.165, 1.54) is 23.0 Å². The van der Waals surface area contributed by atoms with Crippen LogP contribution in [0.3, 0.4) is 0 Å². The lowest BCUT2D eigenvalue weighted by atomic mass is 10.1. The molecule has 0 unspecified atom stereocenters. The van der Waals surface area contributed by atoms with Gasteiger partial charge in [-0.1, -0.05) is 26.0 Å². The quantitative estimate of drug-likeness (QED) is 0.531. The lowest BCUT2D eigenvalue weighted by Crippen LogP contribution is -2.30. The van der Waals surface area contributed by atoms with Crippen molar-refractivity contribution in [1.29, 1.82) is 0 Å². The first-order valence-electron chi connectivity index (χ1n) is 10.6. The van der Waals surface area contributed by atoms with E-state index in [1.54, 1.807) is 36.4 Å². The maximum atomic E-state index is 13.2. The third-order valence-corrected chi connectivity index (χ3v) is 5.65. The highest BCUT2D eigenvalue weighted by Crippen LogP contribution is 2.30. The van der Waals surface area contributed by atoms with Gasteiger partial charge in [0, 0.05) is 5.56 Å². The number of benzene rings is 2. The Morgan fingerprint density at radius 2 is 2.00 bits per heavy atom. The van der Waals surface area contributed by atoms with Gasteiger partial charge in [-0.25, -0.2) is 9.07 Å². The molecular formula is C24H26FN3O4. The topological polar surface area (TPSA) is 88.6 Å². The number of nitrogens with two attached hydrogens (primary N) is 1. The molecule has 32 heavy (non-hydrogen) atoms. The fourth-order valence-electron chi connectivity index (χ4n) is 3.71. The Morgan fingerprint density at radius 3 is 2.69 bits per heavy atom. The smallest absolute Gasteiger partial charge is 0.198 e.